The van der Waals surface area contributed by atoms with Gasteiger partial charge in [0, 0.05) is 61.3 Å². The fourth-order valence-corrected chi connectivity index (χ4v) is 7.14. The predicted molar refractivity (Wildman–Crippen MR) is 174 cm³/mol. The molecule has 6 rings (SSSR count). The highest BCUT2D eigenvalue weighted by atomic mass is 32.1. The summed E-state index contributed by atoms with van der Waals surface area (Å²) in [5.41, 5.74) is 1.25. The fourth-order valence-electron chi connectivity index (χ4n) is 6.42. The molecule has 3 aliphatic rings. The molecule has 0 unspecified atom stereocenters. The number of pyridine rings is 1. The number of nitrogens with zero attached hydrogens (tertiary/aromatic N) is 4. The van der Waals surface area contributed by atoms with E-state index in [0.29, 0.717) is 52.8 Å². The van der Waals surface area contributed by atoms with E-state index in [9.17, 15) is 19.5 Å². The predicted octanol–water partition coefficient (Wildman–Crippen LogP) is 4.62. The van der Waals surface area contributed by atoms with E-state index in [2.05, 4.69) is 16.2 Å². The van der Waals surface area contributed by atoms with Crippen LogP contribution in [0.1, 0.15) is 49.8 Å². The lowest BCUT2D eigenvalue weighted by Crippen LogP contribution is -2.60. The highest BCUT2D eigenvalue weighted by Gasteiger charge is 2.61. The summed E-state index contributed by atoms with van der Waals surface area (Å²) < 4.78 is 12.2. The first-order chi connectivity index (χ1) is 22.1. The van der Waals surface area contributed by atoms with E-state index in [1.54, 1.807) is 29.3 Å². The molecule has 4 heterocycles. The van der Waals surface area contributed by atoms with Gasteiger partial charge in [-0.2, -0.15) is 0 Å². The summed E-state index contributed by atoms with van der Waals surface area (Å²) in [4.78, 5) is 52.5. The minimum atomic E-state index is -1.37. The number of carbonyl (C=O) groups excluding carboxylic acids is 2. The molecule has 2 aromatic heterocycles. The maximum absolute atomic E-state index is 13.9. The molecular formula is C34H37N5O6S. The Kier molecular flexibility index (Phi) is 8.61. The molecule has 3 aromatic rings. The number of carboxylic acids is 1. The van der Waals surface area contributed by atoms with Crippen LogP contribution in [-0.2, 0) is 9.59 Å². The number of hydrogen-bond donors (Lipinski definition) is 2. The zero-order valence-corrected chi connectivity index (χ0v) is 26.9. The second-order valence-electron chi connectivity index (χ2n) is 12.2. The molecule has 1 saturated heterocycles. The Morgan fingerprint density at radius 3 is 2.78 bits per heavy atom. The summed E-state index contributed by atoms with van der Waals surface area (Å²) in [6, 6.07) is 4.41. The van der Waals surface area contributed by atoms with Crippen molar-refractivity contribution in [3.05, 3.63) is 47.0 Å². The Hall–Kier alpha value is -4.63. The number of benzene rings is 1. The van der Waals surface area contributed by atoms with Crippen molar-refractivity contribution in [2.24, 2.45) is 5.92 Å². The van der Waals surface area contributed by atoms with Gasteiger partial charge in [-0.25, -0.2) is 19.6 Å². The van der Waals surface area contributed by atoms with Gasteiger partial charge in [-0.1, -0.05) is 12.2 Å². The number of methoxy groups -OCH3 is 1. The highest BCUT2D eigenvalue weighted by Crippen LogP contribution is 2.45. The number of hydrogen-bond acceptors (Lipinski definition) is 8. The van der Waals surface area contributed by atoms with Gasteiger partial charge in [0.15, 0.2) is 0 Å². The van der Waals surface area contributed by atoms with Gasteiger partial charge in [-0.05, 0) is 50.7 Å². The first kappa shape index (κ1) is 31.4. The lowest BCUT2D eigenvalue weighted by atomic mass is 9.97. The Labute approximate surface area is 271 Å². The number of aliphatic carboxylic acids is 1. The molecular weight excluding hydrogens is 606 g/mol. The average Bonchev–Trinajstić information content (AvgIpc) is 3.53. The molecule has 0 spiro atoms. The van der Waals surface area contributed by atoms with Gasteiger partial charge in [0.25, 0.3) is 0 Å². The Bertz CT molecular complexity index is 1760. The van der Waals surface area contributed by atoms with Gasteiger partial charge in [-0.15, -0.1) is 17.8 Å². The van der Waals surface area contributed by atoms with Crippen molar-refractivity contribution in [1.82, 2.24) is 25.1 Å². The largest absolute Gasteiger partial charge is 0.496 e. The van der Waals surface area contributed by atoms with E-state index >= 15 is 0 Å². The summed E-state index contributed by atoms with van der Waals surface area (Å²) in [5.74, 6) is 1.94. The second kappa shape index (κ2) is 12.6. The van der Waals surface area contributed by atoms with Crippen LogP contribution in [0.3, 0.4) is 0 Å². The third kappa shape index (κ3) is 5.87. The second-order valence-corrected chi connectivity index (χ2v) is 13.0. The van der Waals surface area contributed by atoms with Crippen LogP contribution in [-0.4, -0.2) is 87.7 Å². The van der Waals surface area contributed by atoms with Crippen LogP contribution < -0.4 is 14.8 Å². The SMILES string of the molecule is C#Cc1csc(-c2cc(O[C@H]3CCN4C(=O)N(C)CCCC/C=C\[C@@H]5C[C@@]5(C(=O)O)NC(=O)[C@@H]4C3)c3ccc(OC)c(C)c3n2)n1. The number of piperidine rings is 1. The van der Waals surface area contributed by atoms with E-state index in [0.717, 1.165) is 30.2 Å². The Morgan fingerprint density at radius 2 is 2.04 bits per heavy atom. The van der Waals surface area contributed by atoms with E-state index in [-0.39, 0.29) is 24.9 Å². The number of carbonyl (C=O) groups is 3. The standard InChI is InChI=1S/C34H37N5O6S/c1-5-22-19-46-31(35-22)25-17-28(24-11-12-27(44-4)20(2)29(24)36-25)45-23-13-15-39-26(16-23)30(40)37-34(32(41)42)18-21(34)10-8-6-7-9-14-38(3)33(39)43/h1,8,10-12,17,19,21,23,26H,6-7,9,13-16,18H2,2-4H3,(H,37,40)(H,41,42)/b10-8-/t21-,23+,26+,34-/m1/s1. The van der Waals surface area contributed by atoms with Crippen molar-refractivity contribution < 1.29 is 29.0 Å². The molecule has 4 atom stereocenters. The average molecular weight is 644 g/mol. The molecule has 2 aliphatic heterocycles. The van der Waals surface area contributed by atoms with Gasteiger partial charge in [0.1, 0.15) is 45.6 Å². The molecule has 11 nitrogen and oxygen atoms in total. The van der Waals surface area contributed by atoms with Crippen molar-refractivity contribution >= 4 is 40.1 Å². The molecule has 1 saturated carbocycles. The number of terminal acetylenes is 1. The van der Waals surface area contributed by atoms with Crippen LogP contribution in [0.25, 0.3) is 21.6 Å². The number of thiazole rings is 1. The minimum Gasteiger partial charge on any atom is -0.496 e. The maximum Gasteiger partial charge on any atom is 0.330 e. The Balaban J connectivity index is 1.34. The number of amides is 3. The summed E-state index contributed by atoms with van der Waals surface area (Å²) in [5, 5.41) is 16.1. The molecule has 0 radical (unpaired) electrons. The molecule has 12 heteroatoms. The molecule has 2 N–H and O–H groups in total. The highest BCUT2D eigenvalue weighted by molar-refractivity contribution is 7.13. The molecule has 46 heavy (non-hydrogen) atoms. The maximum atomic E-state index is 13.9. The lowest BCUT2D eigenvalue weighted by Gasteiger charge is -2.40. The van der Waals surface area contributed by atoms with Crippen LogP contribution in [0.2, 0.25) is 0 Å². The molecule has 0 bridgehead atoms. The molecule has 3 amide bonds. The smallest absolute Gasteiger partial charge is 0.330 e. The van der Waals surface area contributed by atoms with Gasteiger partial charge in [-0.3, -0.25) is 4.79 Å². The number of allylic oxidation sites excluding steroid dienone is 1. The number of aryl methyl sites for hydroxylation is 1. The zero-order valence-electron chi connectivity index (χ0n) is 26.1. The molecule has 240 valence electrons. The van der Waals surface area contributed by atoms with Crippen LogP contribution >= 0.6 is 11.3 Å². The normalized spacial score (nSPS) is 25.8. The van der Waals surface area contributed by atoms with Crippen molar-refractivity contribution in [2.75, 3.05) is 27.2 Å². The minimum absolute atomic E-state index is 0.189. The quantitative estimate of drug-likeness (QED) is 0.304. The molecule has 1 aromatic carbocycles. The van der Waals surface area contributed by atoms with Gasteiger partial charge in [0.2, 0.25) is 5.91 Å². The van der Waals surface area contributed by atoms with Crippen LogP contribution in [0.4, 0.5) is 4.79 Å². The number of aromatic nitrogens is 2. The number of nitrogens with one attached hydrogen (secondary N) is 1. The van der Waals surface area contributed by atoms with Crippen LogP contribution in [0.5, 0.6) is 11.5 Å². The van der Waals surface area contributed by atoms with Gasteiger partial charge >= 0.3 is 12.0 Å². The summed E-state index contributed by atoms with van der Waals surface area (Å²) in [7, 11) is 3.34. The van der Waals surface area contributed by atoms with Crippen molar-refractivity contribution in [2.45, 2.75) is 63.1 Å². The molecule has 2 fully saturated rings. The van der Waals surface area contributed by atoms with Crippen molar-refractivity contribution in [1.29, 1.82) is 0 Å². The third-order valence-electron chi connectivity index (χ3n) is 9.19. The number of ether oxygens (including phenoxy) is 2. The van der Waals surface area contributed by atoms with E-state index < -0.39 is 29.6 Å². The van der Waals surface area contributed by atoms with E-state index in [4.69, 9.17) is 20.9 Å². The topological polar surface area (TPSA) is 134 Å². The number of carboxylic acid groups (broad SMARTS) is 1. The summed E-state index contributed by atoms with van der Waals surface area (Å²) in [6.07, 6.45) is 12.5. The van der Waals surface area contributed by atoms with Gasteiger partial charge < -0.3 is 29.7 Å². The van der Waals surface area contributed by atoms with Crippen LogP contribution in [0.15, 0.2) is 35.7 Å². The van der Waals surface area contributed by atoms with E-state index in [1.807, 2.05) is 37.3 Å². The number of rotatable bonds is 5. The number of fused-ring (bicyclic) bond motifs is 3. The van der Waals surface area contributed by atoms with Crippen molar-refractivity contribution in [3.8, 4) is 34.5 Å². The van der Waals surface area contributed by atoms with Crippen LogP contribution in [0, 0.1) is 25.2 Å². The summed E-state index contributed by atoms with van der Waals surface area (Å²) >= 11 is 1.38. The zero-order chi connectivity index (χ0) is 32.6. The van der Waals surface area contributed by atoms with Crippen molar-refractivity contribution in [3.63, 3.8) is 0 Å². The van der Waals surface area contributed by atoms with E-state index in [1.165, 1.54) is 11.3 Å². The van der Waals surface area contributed by atoms with Gasteiger partial charge in [0.05, 0.1) is 12.6 Å². The third-order valence-corrected chi connectivity index (χ3v) is 10.1. The first-order valence-corrected chi connectivity index (χ1v) is 16.3. The molecule has 1 aliphatic carbocycles. The fraction of sp³-hybridized carbons (Fsp3) is 0.441. The monoisotopic (exact) mass is 643 g/mol. The lowest BCUT2D eigenvalue weighted by molar-refractivity contribution is -0.144. The summed E-state index contributed by atoms with van der Waals surface area (Å²) in [6.45, 7) is 2.76. The first-order valence-electron chi connectivity index (χ1n) is 15.5. The number of urea groups is 1. The Morgan fingerprint density at radius 1 is 1.22 bits per heavy atom.